The van der Waals surface area contributed by atoms with Crippen molar-refractivity contribution < 1.29 is 28.6 Å². The normalized spacial score (nSPS) is 13.6. The number of imide groups is 1. The number of fused-ring (bicyclic) bond motifs is 1. The molecule has 1 fully saturated rings. The molecule has 1 aliphatic heterocycles. The van der Waals surface area contributed by atoms with E-state index >= 15 is 0 Å². The Morgan fingerprint density at radius 1 is 0.803 bits per heavy atom. The zero-order valence-electron chi connectivity index (χ0n) is 36.4. The molecule has 1 unspecified atom stereocenters. The van der Waals surface area contributed by atoms with E-state index in [0.717, 1.165) is 78.5 Å². The molecular weight excluding hydrogens is 875 g/mol. The van der Waals surface area contributed by atoms with Crippen molar-refractivity contribution in [3.8, 4) is 34.0 Å². The van der Waals surface area contributed by atoms with Gasteiger partial charge in [0, 0.05) is 35.4 Å². The van der Waals surface area contributed by atoms with Gasteiger partial charge in [-0.25, -0.2) is 19.9 Å². The highest BCUT2D eigenvalue weighted by Gasteiger charge is 2.31. The molecule has 8 aromatic rings. The van der Waals surface area contributed by atoms with Gasteiger partial charge in [0.05, 0.1) is 22.9 Å². The molecule has 1 saturated heterocycles. The monoisotopic (exact) mass is 919 g/mol. The maximum Gasteiger partial charge on any atom is 0.357 e. The van der Waals surface area contributed by atoms with Gasteiger partial charge in [0.1, 0.15) is 42.1 Å². The Kier molecular flexibility index (Phi) is 13.2. The van der Waals surface area contributed by atoms with Gasteiger partial charge in [0.15, 0.2) is 11.5 Å². The number of carbonyl (C=O) groups is 3. The number of thioether (sulfide) groups is 1. The molecule has 3 aromatic heterocycles. The molecule has 1 atom stereocenters. The van der Waals surface area contributed by atoms with Crippen molar-refractivity contribution in [1.82, 2.24) is 45.0 Å². The number of aryl methyl sites for hydroxylation is 2. The molecule has 66 heavy (non-hydrogen) atoms. The third-order valence-corrected chi connectivity index (χ3v) is 13.0. The van der Waals surface area contributed by atoms with Crippen LogP contribution in [0.3, 0.4) is 0 Å². The van der Waals surface area contributed by atoms with Crippen LogP contribution in [0, 0.1) is 0 Å². The molecule has 1 aliphatic rings. The number of nitrogens with one attached hydrogen (secondary N) is 2. The lowest BCUT2D eigenvalue weighted by Crippen LogP contribution is -2.25. The predicted octanol–water partition coefficient (Wildman–Crippen LogP) is 9.00. The third kappa shape index (κ3) is 9.86. The van der Waals surface area contributed by atoms with Crippen LogP contribution in [0.1, 0.15) is 59.2 Å². The minimum Gasteiger partial charge on any atom is -0.487 e. The van der Waals surface area contributed by atoms with Gasteiger partial charge in [0.25, 0.3) is 5.24 Å². The molecule has 17 heteroatoms. The Hall–Kier alpha value is -7.24. The van der Waals surface area contributed by atoms with Crippen LogP contribution in [0.4, 0.5) is 4.79 Å². The van der Waals surface area contributed by atoms with Crippen molar-refractivity contribution in [3.63, 3.8) is 0 Å². The van der Waals surface area contributed by atoms with Crippen LogP contribution in [-0.2, 0) is 49.2 Å². The molecule has 4 heterocycles. The highest BCUT2D eigenvalue weighted by molar-refractivity contribution is 8.15. The van der Waals surface area contributed by atoms with Crippen LogP contribution in [0.2, 0.25) is 0 Å². The van der Waals surface area contributed by atoms with E-state index in [9.17, 15) is 14.4 Å². The van der Waals surface area contributed by atoms with Gasteiger partial charge in [-0.1, -0.05) is 91.1 Å². The first-order chi connectivity index (χ1) is 32.2. The van der Waals surface area contributed by atoms with Crippen LogP contribution in [0.15, 0.2) is 125 Å². The Balaban J connectivity index is 0.844. The van der Waals surface area contributed by atoms with Crippen molar-refractivity contribution >= 4 is 51.7 Å². The average molecular weight is 920 g/mol. The number of carbonyl (C=O) groups excluding carboxylic acids is 3. The lowest BCUT2D eigenvalue weighted by atomic mass is 9.98. The van der Waals surface area contributed by atoms with Crippen molar-refractivity contribution in [2.45, 2.75) is 67.9 Å². The van der Waals surface area contributed by atoms with Crippen LogP contribution in [0.5, 0.6) is 11.5 Å². The number of nitrogens with zero attached hydrogens (tertiary/aromatic N) is 7. The fourth-order valence-corrected chi connectivity index (χ4v) is 9.48. The van der Waals surface area contributed by atoms with E-state index < -0.39 is 11.2 Å². The molecule has 9 rings (SSSR count). The van der Waals surface area contributed by atoms with Gasteiger partial charge < -0.3 is 23.3 Å². The lowest BCUT2D eigenvalue weighted by molar-refractivity contribution is -0.118. The van der Waals surface area contributed by atoms with Gasteiger partial charge in [-0.3, -0.25) is 14.9 Å². The van der Waals surface area contributed by atoms with Crippen LogP contribution < -0.4 is 14.8 Å². The van der Waals surface area contributed by atoms with Crippen molar-refractivity contribution in [2.24, 2.45) is 7.05 Å². The number of ether oxygens (including phenoxy) is 3. The summed E-state index contributed by atoms with van der Waals surface area (Å²) >= 11 is 2.65. The molecule has 334 valence electrons. The maximum atomic E-state index is 13.6. The zero-order valence-corrected chi connectivity index (χ0v) is 38.0. The van der Waals surface area contributed by atoms with Gasteiger partial charge in [0.2, 0.25) is 5.91 Å². The predicted molar refractivity (Wildman–Crippen MR) is 251 cm³/mol. The fraction of sp³-hybridized carbons (Fsp3) is 0.224. The Bertz CT molecular complexity index is 3010. The van der Waals surface area contributed by atoms with Crippen LogP contribution in [0.25, 0.3) is 33.5 Å². The lowest BCUT2D eigenvalue weighted by Gasteiger charge is -2.13. The third-order valence-electron chi connectivity index (χ3n) is 11.1. The Morgan fingerprint density at radius 3 is 2.21 bits per heavy atom. The number of tetrazole rings is 1. The summed E-state index contributed by atoms with van der Waals surface area (Å²) in [4.78, 5) is 48.9. The molecule has 0 bridgehead atoms. The van der Waals surface area contributed by atoms with Crippen LogP contribution >= 0.6 is 23.5 Å². The summed E-state index contributed by atoms with van der Waals surface area (Å²) in [5, 5.41) is 16.1. The highest BCUT2D eigenvalue weighted by atomic mass is 32.2. The summed E-state index contributed by atoms with van der Waals surface area (Å²) in [5.74, 6) is 2.81. The number of benzene rings is 5. The summed E-state index contributed by atoms with van der Waals surface area (Å²) in [6.45, 7) is 4.92. The Morgan fingerprint density at radius 2 is 1.52 bits per heavy atom. The van der Waals surface area contributed by atoms with Crippen molar-refractivity contribution in [2.75, 3.05) is 6.61 Å². The number of H-pyrrole nitrogens is 1. The molecule has 2 amide bonds. The van der Waals surface area contributed by atoms with E-state index in [1.807, 2.05) is 95.0 Å². The summed E-state index contributed by atoms with van der Waals surface area (Å²) in [6.07, 6.45) is 2.00. The first-order valence-electron chi connectivity index (χ1n) is 21.5. The molecule has 0 aliphatic carbocycles. The number of hydrogen-bond acceptors (Lipinski definition) is 13. The molecule has 15 nitrogen and oxygen atoms in total. The second-order valence-corrected chi connectivity index (χ2v) is 17.8. The second-order valence-electron chi connectivity index (χ2n) is 15.5. The topological polar surface area (TPSA) is 181 Å². The van der Waals surface area contributed by atoms with E-state index in [-0.39, 0.29) is 31.0 Å². The largest absolute Gasteiger partial charge is 0.487 e. The highest BCUT2D eigenvalue weighted by Crippen LogP contribution is 2.33. The fourth-order valence-electron chi connectivity index (χ4n) is 7.77. The zero-order chi connectivity index (χ0) is 45.6. The summed E-state index contributed by atoms with van der Waals surface area (Å²) in [7, 11) is 1.98. The second kappa shape index (κ2) is 19.9. The molecule has 5 aromatic carbocycles. The van der Waals surface area contributed by atoms with Gasteiger partial charge in [-0.2, -0.15) is 0 Å². The number of hydrogen-bond donors (Lipinski definition) is 2. The number of rotatable bonds is 18. The molecule has 0 spiro atoms. The Labute approximate surface area is 388 Å². The molecule has 2 N–H and O–H groups in total. The summed E-state index contributed by atoms with van der Waals surface area (Å²) < 4.78 is 21.9. The summed E-state index contributed by atoms with van der Waals surface area (Å²) in [5.41, 5.74) is 7.62. The molecular formula is C49H45N9O6S2. The van der Waals surface area contributed by atoms with E-state index in [4.69, 9.17) is 24.2 Å². The number of amides is 2. The van der Waals surface area contributed by atoms with E-state index in [1.165, 1.54) is 0 Å². The minimum absolute atomic E-state index is 0.0913. The van der Waals surface area contributed by atoms with Gasteiger partial charge >= 0.3 is 5.97 Å². The number of esters is 1. The standard InChI is InChI=1S/C49H45N9O6S2/c1-4-8-43-51-40(45(48(60)62-5-2)58(43)27-31-11-15-32(16-12-31)37-9-6-7-10-38(37)46-53-55-56-54-46)28-63-34-19-21-35(22-20-34)65-36-23-24-39-41(26-36)57(3)44(50-39)29-64-33-17-13-30(14-18-33)25-42-47(59)52-49(61)66-42/h6-7,9-24,26,42H,4-5,8,25,27-29H2,1-3H3,(H,52,59,61)(H,53,54,55,56). The maximum absolute atomic E-state index is 13.6. The minimum atomic E-state index is -0.437. The van der Waals surface area contributed by atoms with Crippen LogP contribution in [-0.4, -0.2) is 68.7 Å². The van der Waals surface area contributed by atoms with Gasteiger partial charge in [-0.15, -0.1) is 5.10 Å². The quantitative estimate of drug-likeness (QED) is 0.0779. The SMILES string of the molecule is CCCc1nc(COc2ccc(Sc3ccc4nc(COc5ccc(CC6SC(=O)NC6=O)cc5)n(C)c4c3)cc2)c(C(=O)OCC)n1Cc1ccc(-c2ccccc2-c2nnn[nH]2)cc1. The number of imidazole rings is 2. The van der Waals surface area contributed by atoms with E-state index in [0.29, 0.717) is 48.1 Å². The number of aromatic amines is 1. The van der Waals surface area contributed by atoms with Gasteiger partial charge in [-0.05, 0) is 107 Å². The van der Waals surface area contributed by atoms with Crippen molar-refractivity contribution in [3.05, 3.63) is 149 Å². The first kappa shape index (κ1) is 44.0. The molecule has 0 saturated carbocycles. The van der Waals surface area contributed by atoms with E-state index in [2.05, 4.69) is 69.3 Å². The average Bonchev–Trinajstić information content (AvgIpc) is 4.13. The number of aromatic nitrogens is 8. The first-order valence-corrected chi connectivity index (χ1v) is 23.2. The summed E-state index contributed by atoms with van der Waals surface area (Å²) in [6, 6.07) is 37.8. The van der Waals surface area contributed by atoms with E-state index in [1.54, 1.807) is 18.7 Å². The smallest absolute Gasteiger partial charge is 0.357 e. The van der Waals surface area contributed by atoms with Crippen molar-refractivity contribution in [1.29, 1.82) is 0 Å². The molecule has 0 radical (unpaired) electrons.